The first-order valence-corrected chi connectivity index (χ1v) is 11.6. The van der Waals surface area contributed by atoms with Crippen LogP contribution in [0, 0.1) is 0 Å². The van der Waals surface area contributed by atoms with Gasteiger partial charge in [0.15, 0.2) is 0 Å². The standard InChI is InChI=1S/C21H20N3O3PS/c25-28(26,27)21(22-14-16-8-3-1-4-9-16)18-15-24(17-10-5-2-6-11-17)23-20(18)19-12-7-13-29-19/h1-13,15,21-22H,14H2,(H2,25,26,27). The van der Waals surface area contributed by atoms with Crippen molar-refractivity contribution in [2.45, 2.75) is 12.3 Å². The fourth-order valence-corrected chi connectivity index (χ4v) is 4.74. The molecule has 0 fully saturated rings. The van der Waals surface area contributed by atoms with Gasteiger partial charge in [-0.3, -0.25) is 9.88 Å². The maximum atomic E-state index is 12.4. The molecule has 148 valence electrons. The van der Waals surface area contributed by atoms with Crippen LogP contribution in [-0.2, 0) is 11.1 Å². The maximum absolute atomic E-state index is 12.4. The van der Waals surface area contributed by atoms with Crippen molar-refractivity contribution >= 4 is 18.9 Å². The van der Waals surface area contributed by atoms with Crippen LogP contribution in [0.4, 0.5) is 0 Å². The third-order valence-corrected chi connectivity index (χ3v) is 6.50. The van der Waals surface area contributed by atoms with Crippen LogP contribution in [0.5, 0.6) is 0 Å². The Bertz CT molecular complexity index is 1110. The summed E-state index contributed by atoms with van der Waals surface area (Å²) < 4.78 is 14.1. The molecule has 0 spiro atoms. The molecule has 2 heterocycles. The van der Waals surface area contributed by atoms with Crippen LogP contribution in [0.2, 0.25) is 0 Å². The average molecular weight is 425 g/mol. The lowest BCUT2D eigenvalue weighted by Gasteiger charge is -2.20. The second-order valence-electron chi connectivity index (χ2n) is 6.55. The van der Waals surface area contributed by atoms with Gasteiger partial charge in [-0.25, -0.2) is 4.68 Å². The van der Waals surface area contributed by atoms with Crippen molar-refractivity contribution in [1.29, 1.82) is 0 Å². The monoisotopic (exact) mass is 425 g/mol. The van der Waals surface area contributed by atoms with Crippen molar-refractivity contribution in [3.8, 4) is 16.3 Å². The maximum Gasteiger partial charge on any atom is 0.346 e. The molecule has 0 aliphatic carbocycles. The number of aromatic nitrogens is 2. The Morgan fingerprint density at radius 3 is 2.31 bits per heavy atom. The Kier molecular flexibility index (Phi) is 5.76. The zero-order valence-electron chi connectivity index (χ0n) is 15.4. The van der Waals surface area contributed by atoms with Gasteiger partial charge in [0.05, 0.1) is 10.6 Å². The van der Waals surface area contributed by atoms with E-state index in [2.05, 4.69) is 10.4 Å². The van der Waals surface area contributed by atoms with Gasteiger partial charge in [0, 0.05) is 18.3 Å². The lowest BCUT2D eigenvalue weighted by Crippen LogP contribution is -2.21. The molecule has 0 aliphatic rings. The molecule has 0 saturated carbocycles. The fraction of sp³-hybridized carbons (Fsp3) is 0.0952. The number of para-hydroxylation sites is 1. The van der Waals surface area contributed by atoms with Crippen molar-refractivity contribution in [2.24, 2.45) is 0 Å². The van der Waals surface area contributed by atoms with E-state index in [1.165, 1.54) is 11.3 Å². The summed E-state index contributed by atoms with van der Waals surface area (Å²) in [5, 5.41) is 9.62. The number of thiophene rings is 1. The summed E-state index contributed by atoms with van der Waals surface area (Å²) in [4.78, 5) is 21.1. The molecule has 1 atom stereocenters. The van der Waals surface area contributed by atoms with Crippen molar-refractivity contribution in [3.63, 3.8) is 0 Å². The molecular formula is C21H20N3O3PS. The van der Waals surface area contributed by atoms with Crippen molar-refractivity contribution < 1.29 is 14.4 Å². The second kappa shape index (κ2) is 8.45. The van der Waals surface area contributed by atoms with E-state index in [1.807, 2.05) is 78.2 Å². The normalized spacial score (nSPS) is 12.8. The lowest BCUT2D eigenvalue weighted by molar-refractivity contribution is 0.347. The molecule has 2 aromatic carbocycles. The van der Waals surface area contributed by atoms with Gasteiger partial charge >= 0.3 is 7.60 Å². The van der Waals surface area contributed by atoms with Gasteiger partial charge in [-0.15, -0.1) is 11.3 Å². The van der Waals surface area contributed by atoms with Crippen LogP contribution in [-0.4, -0.2) is 19.6 Å². The Labute approximate surface area is 172 Å². The van der Waals surface area contributed by atoms with E-state index in [0.29, 0.717) is 17.8 Å². The Balaban J connectivity index is 1.76. The minimum absolute atomic E-state index is 0.330. The quantitative estimate of drug-likeness (QED) is 0.378. The molecule has 29 heavy (non-hydrogen) atoms. The van der Waals surface area contributed by atoms with Gasteiger partial charge in [-0.05, 0) is 29.1 Å². The first-order chi connectivity index (χ1) is 14.0. The van der Waals surface area contributed by atoms with Crippen LogP contribution in [0.3, 0.4) is 0 Å². The second-order valence-corrected chi connectivity index (χ2v) is 9.19. The lowest BCUT2D eigenvalue weighted by atomic mass is 10.2. The summed E-state index contributed by atoms with van der Waals surface area (Å²) in [6.45, 7) is 0.330. The Morgan fingerprint density at radius 1 is 1.00 bits per heavy atom. The molecule has 0 radical (unpaired) electrons. The van der Waals surface area contributed by atoms with Crippen LogP contribution < -0.4 is 5.32 Å². The molecule has 4 rings (SSSR count). The number of benzene rings is 2. The molecule has 0 bridgehead atoms. The smallest absolute Gasteiger partial charge is 0.323 e. The summed E-state index contributed by atoms with van der Waals surface area (Å²) in [5.74, 6) is -1.17. The summed E-state index contributed by atoms with van der Waals surface area (Å²) in [6.07, 6.45) is 1.70. The first kappa shape index (κ1) is 19.8. The molecule has 3 N–H and O–H groups in total. The van der Waals surface area contributed by atoms with E-state index in [9.17, 15) is 14.4 Å². The van der Waals surface area contributed by atoms with E-state index >= 15 is 0 Å². The minimum atomic E-state index is -4.50. The van der Waals surface area contributed by atoms with Crippen molar-refractivity contribution in [2.75, 3.05) is 0 Å². The van der Waals surface area contributed by atoms with Crippen molar-refractivity contribution in [3.05, 3.63) is 95.5 Å². The van der Waals surface area contributed by atoms with Crippen LogP contribution in [0.15, 0.2) is 84.4 Å². The number of hydrogen-bond donors (Lipinski definition) is 3. The van der Waals surface area contributed by atoms with E-state index in [1.54, 1.807) is 10.9 Å². The molecule has 0 amide bonds. The van der Waals surface area contributed by atoms with E-state index in [4.69, 9.17) is 0 Å². The van der Waals surface area contributed by atoms with Crippen LogP contribution in [0.25, 0.3) is 16.3 Å². The van der Waals surface area contributed by atoms with Gasteiger partial charge < -0.3 is 9.79 Å². The molecule has 6 nitrogen and oxygen atoms in total. The average Bonchev–Trinajstić information content (AvgIpc) is 3.39. The number of hydrogen-bond acceptors (Lipinski definition) is 4. The highest BCUT2D eigenvalue weighted by Gasteiger charge is 2.34. The molecule has 0 aliphatic heterocycles. The molecule has 0 saturated heterocycles. The Morgan fingerprint density at radius 2 is 1.69 bits per heavy atom. The summed E-state index contributed by atoms with van der Waals surface area (Å²) in [7, 11) is -4.50. The topological polar surface area (TPSA) is 87.4 Å². The van der Waals surface area contributed by atoms with Gasteiger partial charge in [0.1, 0.15) is 11.5 Å². The summed E-state index contributed by atoms with van der Waals surface area (Å²) in [5.41, 5.74) is 2.81. The molecule has 8 heteroatoms. The summed E-state index contributed by atoms with van der Waals surface area (Å²) >= 11 is 1.48. The highest BCUT2D eigenvalue weighted by Crippen LogP contribution is 2.52. The van der Waals surface area contributed by atoms with Gasteiger partial charge in [-0.2, -0.15) is 5.10 Å². The van der Waals surface area contributed by atoms with Crippen molar-refractivity contribution in [1.82, 2.24) is 15.1 Å². The number of rotatable bonds is 7. The van der Waals surface area contributed by atoms with Crippen LogP contribution >= 0.6 is 18.9 Å². The highest BCUT2D eigenvalue weighted by atomic mass is 32.1. The minimum Gasteiger partial charge on any atom is -0.323 e. The third-order valence-electron chi connectivity index (χ3n) is 4.49. The molecular weight excluding hydrogens is 405 g/mol. The summed E-state index contributed by atoms with van der Waals surface area (Å²) in [6, 6.07) is 22.8. The van der Waals surface area contributed by atoms with Gasteiger partial charge in [0.25, 0.3) is 0 Å². The van der Waals surface area contributed by atoms with E-state index in [0.717, 1.165) is 16.1 Å². The Hall–Kier alpha value is -2.54. The van der Waals surface area contributed by atoms with E-state index in [-0.39, 0.29) is 0 Å². The van der Waals surface area contributed by atoms with Gasteiger partial charge in [0.2, 0.25) is 0 Å². The van der Waals surface area contributed by atoms with Gasteiger partial charge in [-0.1, -0.05) is 54.6 Å². The molecule has 4 aromatic rings. The predicted octanol–water partition coefficient (Wildman–Crippen LogP) is 4.57. The largest absolute Gasteiger partial charge is 0.346 e. The SMILES string of the molecule is O=P(O)(O)C(NCc1ccccc1)c1cn(-c2ccccc2)nc1-c1cccs1. The zero-order valence-corrected chi connectivity index (χ0v) is 17.1. The molecule has 2 aromatic heterocycles. The number of nitrogens with one attached hydrogen (secondary N) is 1. The third kappa shape index (κ3) is 4.56. The number of nitrogens with zero attached hydrogens (tertiary/aromatic N) is 2. The van der Waals surface area contributed by atoms with E-state index < -0.39 is 13.4 Å². The van der Waals surface area contributed by atoms with Crippen LogP contribution in [0.1, 0.15) is 16.9 Å². The zero-order chi connectivity index (χ0) is 20.3. The first-order valence-electron chi connectivity index (χ1n) is 9.04. The highest BCUT2D eigenvalue weighted by molar-refractivity contribution is 7.52. The predicted molar refractivity (Wildman–Crippen MR) is 115 cm³/mol. The fourth-order valence-electron chi connectivity index (χ4n) is 3.13. The molecule has 1 unspecified atom stereocenters.